The van der Waals surface area contributed by atoms with Crippen LogP contribution in [0.25, 0.3) is 0 Å². The number of nitrogens with one attached hydrogen (secondary N) is 3. The molecular weight excluding hydrogens is 366 g/mol. The quantitative estimate of drug-likeness (QED) is 0.525. The van der Waals surface area contributed by atoms with Gasteiger partial charge >= 0.3 is 12.2 Å². The van der Waals surface area contributed by atoms with Crippen LogP contribution in [-0.4, -0.2) is 25.0 Å². The molecule has 0 saturated carbocycles. The van der Waals surface area contributed by atoms with Crippen LogP contribution >= 0.6 is 0 Å². The molecule has 5 nitrogen and oxygen atoms in total. The zero-order valence-corrected chi connectivity index (χ0v) is 14.1. The van der Waals surface area contributed by atoms with Gasteiger partial charge in [-0.2, -0.15) is 13.2 Å². The molecule has 2 rings (SSSR count). The Bertz CT molecular complexity index is 809. The summed E-state index contributed by atoms with van der Waals surface area (Å²) in [5.41, 5.74) is -0.931. The zero-order valence-electron chi connectivity index (χ0n) is 14.1. The van der Waals surface area contributed by atoms with Crippen molar-refractivity contribution in [2.24, 2.45) is 0 Å². The lowest BCUT2D eigenvalue weighted by molar-refractivity contribution is -0.137. The highest BCUT2D eigenvalue weighted by Crippen LogP contribution is 2.30. The molecule has 0 atom stereocenters. The van der Waals surface area contributed by atoms with E-state index in [1.54, 1.807) is 0 Å². The van der Waals surface area contributed by atoms with Crippen molar-refractivity contribution in [2.75, 3.05) is 18.4 Å². The number of hydrogen-bond donors (Lipinski definition) is 3. The molecule has 2 aromatic rings. The maximum absolute atomic E-state index is 13.4. The first kappa shape index (κ1) is 20.2. The van der Waals surface area contributed by atoms with Crippen molar-refractivity contribution >= 4 is 17.6 Å². The lowest BCUT2D eigenvalue weighted by Crippen LogP contribution is -2.32. The van der Waals surface area contributed by atoms with Crippen molar-refractivity contribution in [1.82, 2.24) is 10.6 Å². The summed E-state index contributed by atoms with van der Waals surface area (Å²) in [6.07, 6.45) is -4.14. The van der Waals surface area contributed by atoms with Gasteiger partial charge in [-0.1, -0.05) is 18.2 Å². The molecule has 9 heteroatoms. The molecule has 27 heavy (non-hydrogen) atoms. The molecule has 0 aliphatic carbocycles. The molecular formula is C18H17F4N3O2. The van der Waals surface area contributed by atoms with Crippen LogP contribution in [0.15, 0.2) is 48.5 Å². The van der Waals surface area contributed by atoms with E-state index < -0.39 is 29.5 Å². The Hall–Kier alpha value is -3.10. The van der Waals surface area contributed by atoms with E-state index in [1.165, 1.54) is 36.4 Å². The SMILES string of the molecule is O=C(NCCCNC(=O)c1ccccc1F)Nc1cccc(C(F)(F)F)c1. The fraction of sp³-hybridized carbons (Fsp3) is 0.222. The first-order valence-electron chi connectivity index (χ1n) is 8.02. The van der Waals surface area contributed by atoms with Crippen LogP contribution in [0.4, 0.5) is 28.0 Å². The van der Waals surface area contributed by atoms with E-state index in [0.717, 1.165) is 12.1 Å². The third-order valence-electron chi connectivity index (χ3n) is 3.49. The number of anilines is 1. The van der Waals surface area contributed by atoms with Gasteiger partial charge < -0.3 is 16.0 Å². The summed E-state index contributed by atoms with van der Waals surface area (Å²) in [6.45, 7) is 0.360. The minimum Gasteiger partial charge on any atom is -0.352 e. The molecule has 0 bridgehead atoms. The van der Waals surface area contributed by atoms with Gasteiger partial charge in [0.15, 0.2) is 0 Å². The number of hydrogen-bond acceptors (Lipinski definition) is 2. The van der Waals surface area contributed by atoms with E-state index in [0.29, 0.717) is 6.42 Å². The summed E-state index contributed by atoms with van der Waals surface area (Å²) in [5, 5.41) is 7.27. The molecule has 0 heterocycles. The van der Waals surface area contributed by atoms with Crippen LogP contribution < -0.4 is 16.0 Å². The second-order valence-electron chi connectivity index (χ2n) is 5.55. The molecule has 0 aliphatic rings. The molecule has 0 spiro atoms. The zero-order chi connectivity index (χ0) is 19.9. The van der Waals surface area contributed by atoms with Gasteiger partial charge in [-0.3, -0.25) is 4.79 Å². The monoisotopic (exact) mass is 383 g/mol. The van der Waals surface area contributed by atoms with Gasteiger partial charge in [0, 0.05) is 18.8 Å². The minimum atomic E-state index is -4.50. The molecule has 0 aromatic heterocycles. The molecule has 3 amide bonds. The normalized spacial score (nSPS) is 11.0. The Morgan fingerprint density at radius 2 is 1.63 bits per heavy atom. The fourth-order valence-corrected chi connectivity index (χ4v) is 2.18. The number of rotatable bonds is 6. The summed E-state index contributed by atoms with van der Waals surface area (Å²) in [7, 11) is 0. The number of carbonyl (C=O) groups excluding carboxylic acids is 2. The summed E-state index contributed by atoms with van der Waals surface area (Å²) in [4.78, 5) is 23.5. The lowest BCUT2D eigenvalue weighted by Gasteiger charge is -2.11. The first-order chi connectivity index (χ1) is 12.8. The number of halogens is 4. The number of benzene rings is 2. The topological polar surface area (TPSA) is 70.2 Å². The molecule has 0 unspecified atom stereocenters. The summed E-state index contributed by atoms with van der Waals surface area (Å²) in [6, 6.07) is 9.13. The standard InChI is InChI=1S/C18H17F4N3O2/c19-15-8-2-1-7-14(15)16(26)23-9-4-10-24-17(27)25-13-6-3-5-12(11-13)18(20,21)22/h1-3,5-8,11H,4,9-10H2,(H,23,26)(H2,24,25,27). The highest BCUT2D eigenvalue weighted by Gasteiger charge is 2.30. The van der Waals surface area contributed by atoms with E-state index in [9.17, 15) is 27.2 Å². The molecule has 144 valence electrons. The third-order valence-corrected chi connectivity index (χ3v) is 3.49. The lowest BCUT2D eigenvalue weighted by atomic mass is 10.2. The predicted octanol–water partition coefficient (Wildman–Crippen LogP) is 3.79. The number of alkyl halides is 3. The Morgan fingerprint density at radius 1 is 0.926 bits per heavy atom. The molecule has 3 N–H and O–H groups in total. The van der Waals surface area contributed by atoms with Crippen molar-refractivity contribution in [1.29, 1.82) is 0 Å². The van der Waals surface area contributed by atoms with Gasteiger partial charge in [-0.05, 0) is 36.8 Å². The van der Waals surface area contributed by atoms with Gasteiger partial charge in [-0.15, -0.1) is 0 Å². The maximum Gasteiger partial charge on any atom is 0.416 e. The second-order valence-corrected chi connectivity index (χ2v) is 5.55. The van der Waals surface area contributed by atoms with Gasteiger partial charge in [0.2, 0.25) is 0 Å². The number of amides is 3. The van der Waals surface area contributed by atoms with Gasteiger partial charge in [-0.25, -0.2) is 9.18 Å². The van der Waals surface area contributed by atoms with Crippen molar-refractivity contribution in [3.05, 3.63) is 65.5 Å². The summed E-state index contributed by atoms with van der Waals surface area (Å²) in [5.74, 6) is -1.20. The van der Waals surface area contributed by atoms with Crippen molar-refractivity contribution < 1.29 is 27.2 Å². The van der Waals surface area contributed by atoms with Crippen molar-refractivity contribution in [3.63, 3.8) is 0 Å². The number of carbonyl (C=O) groups is 2. The van der Waals surface area contributed by atoms with Crippen molar-refractivity contribution in [2.45, 2.75) is 12.6 Å². The van der Waals surface area contributed by atoms with E-state index in [-0.39, 0.29) is 24.3 Å². The summed E-state index contributed by atoms with van der Waals surface area (Å²) >= 11 is 0. The average Bonchev–Trinajstić information content (AvgIpc) is 2.61. The van der Waals surface area contributed by atoms with E-state index in [1.807, 2.05) is 0 Å². The average molecular weight is 383 g/mol. The van der Waals surface area contributed by atoms with E-state index >= 15 is 0 Å². The van der Waals surface area contributed by atoms with Crippen LogP contribution in [0.2, 0.25) is 0 Å². The molecule has 0 saturated heterocycles. The highest BCUT2D eigenvalue weighted by atomic mass is 19.4. The predicted molar refractivity (Wildman–Crippen MR) is 91.8 cm³/mol. The van der Waals surface area contributed by atoms with Crippen LogP contribution in [0.3, 0.4) is 0 Å². The van der Waals surface area contributed by atoms with Crippen LogP contribution in [-0.2, 0) is 6.18 Å². The van der Waals surface area contributed by atoms with E-state index in [2.05, 4.69) is 16.0 Å². The first-order valence-corrected chi connectivity index (χ1v) is 8.02. The molecule has 0 fully saturated rings. The van der Waals surface area contributed by atoms with E-state index in [4.69, 9.17) is 0 Å². The second kappa shape index (κ2) is 9.02. The molecule has 0 radical (unpaired) electrons. The molecule has 2 aromatic carbocycles. The third kappa shape index (κ3) is 6.28. The minimum absolute atomic E-state index is 0.00943. The number of urea groups is 1. The van der Waals surface area contributed by atoms with Crippen LogP contribution in [0.5, 0.6) is 0 Å². The Morgan fingerprint density at radius 3 is 2.33 bits per heavy atom. The fourth-order valence-electron chi connectivity index (χ4n) is 2.18. The summed E-state index contributed by atoms with van der Waals surface area (Å²) < 4.78 is 51.3. The van der Waals surface area contributed by atoms with Crippen LogP contribution in [0.1, 0.15) is 22.3 Å². The van der Waals surface area contributed by atoms with Crippen LogP contribution in [0, 0.1) is 5.82 Å². The van der Waals surface area contributed by atoms with Crippen molar-refractivity contribution in [3.8, 4) is 0 Å². The maximum atomic E-state index is 13.4. The Balaban J connectivity index is 1.71. The van der Waals surface area contributed by atoms with Gasteiger partial charge in [0.05, 0.1) is 11.1 Å². The highest BCUT2D eigenvalue weighted by molar-refractivity contribution is 5.94. The Kier molecular flexibility index (Phi) is 6.75. The largest absolute Gasteiger partial charge is 0.416 e. The van der Waals surface area contributed by atoms with Gasteiger partial charge in [0.25, 0.3) is 5.91 Å². The Labute approximate surface area is 152 Å². The van der Waals surface area contributed by atoms with Gasteiger partial charge in [0.1, 0.15) is 5.82 Å². The smallest absolute Gasteiger partial charge is 0.352 e. The molecule has 0 aliphatic heterocycles.